The molecule has 0 fully saturated rings. The van der Waals surface area contributed by atoms with E-state index in [1.807, 2.05) is 12.1 Å². The number of halogens is 1. The Hall–Kier alpha value is -0.350. The molecule has 0 amide bonds. The molecule has 1 atom stereocenters. The summed E-state index contributed by atoms with van der Waals surface area (Å²) in [4.78, 5) is 0.746. The van der Waals surface area contributed by atoms with Crippen molar-refractivity contribution in [2.24, 2.45) is 5.92 Å². The van der Waals surface area contributed by atoms with Gasteiger partial charge < -0.3 is 0 Å². The molecule has 16 heavy (non-hydrogen) atoms. The van der Waals surface area contributed by atoms with Crippen molar-refractivity contribution in [2.75, 3.05) is 6.26 Å². The largest absolute Gasteiger partial charge is 0.224 e. The Morgan fingerprint density at radius 1 is 1.25 bits per heavy atom. The molecule has 0 heterocycles. The zero-order valence-corrected chi connectivity index (χ0v) is 12.2. The van der Waals surface area contributed by atoms with Crippen LogP contribution in [0.25, 0.3) is 0 Å². The van der Waals surface area contributed by atoms with Crippen LogP contribution >= 0.6 is 15.9 Å². The summed E-state index contributed by atoms with van der Waals surface area (Å²) in [5.41, 5.74) is 0.889. The molecule has 0 aliphatic heterocycles. The van der Waals surface area contributed by atoms with E-state index in [9.17, 15) is 8.42 Å². The molecule has 0 spiro atoms. The molecule has 0 saturated heterocycles. The van der Waals surface area contributed by atoms with Gasteiger partial charge in [0.15, 0.2) is 9.84 Å². The highest BCUT2D eigenvalue weighted by atomic mass is 79.9. The Balaban J connectivity index is 3.06. The molecule has 1 unspecified atom stereocenters. The van der Waals surface area contributed by atoms with Crippen LogP contribution < -0.4 is 0 Å². The first-order valence-corrected chi connectivity index (χ1v) is 8.05. The van der Waals surface area contributed by atoms with E-state index in [0.29, 0.717) is 15.6 Å². The second-order valence-electron chi connectivity index (χ2n) is 4.34. The lowest BCUT2D eigenvalue weighted by molar-refractivity contribution is 0.593. The van der Waals surface area contributed by atoms with Gasteiger partial charge in [0.25, 0.3) is 0 Å². The molecule has 0 radical (unpaired) electrons. The lowest BCUT2D eigenvalue weighted by Crippen LogP contribution is -2.13. The predicted octanol–water partition coefficient (Wildman–Crippen LogP) is 3.05. The third-order valence-electron chi connectivity index (χ3n) is 2.51. The third-order valence-corrected chi connectivity index (χ3v) is 5.09. The van der Waals surface area contributed by atoms with Crippen LogP contribution in [0.1, 0.15) is 19.4 Å². The molecule has 0 aliphatic rings. The summed E-state index contributed by atoms with van der Waals surface area (Å²) in [7, 11) is -3.13. The molecule has 0 aromatic heterocycles. The van der Waals surface area contributed by atoms with Crippen molar-refractivity contribution in [1.82, 2.24) is 0 Å². The zero-order chi connectivity index (χ0) is 12.3. The van der Waals surface area contributed by atoms with Crippen molar-refractivity contribution in [1.29, 1.82) is 0 Å². The maximum atomic E-state index is 11.6. The van der Waals surface area contributed by atoms with Gasteiger partial charge in [-0.1, -0.05) is 48.0 Å². The summed E-state index contributed by atoms with van der Waals surface area (Å²) in [6, 6.07) is 7.19. The Kier molecular flexibility index (Phi) is 4.56. The van der Waals surface area contributed by atoms with E-state index in [4.69, 9.17) is 0 Å². The molecule has 0 N–H and O–H groups in total. The van der Waals surface area contributed by atoms with Crippen LogP contribution in [-0.2, 0) is 16.3 Å². The van der Waals surface area contributed by atoms with E-state index < -0.39 is 9.84 Å². The summed E-state index contributed by atoms with van der Waals surface area (Å²) >= 11 is 3.58. The van der Waals surface area contributed by atoms with Crippen LogP contribution in [0.3, 0.4) is 0 Å². The first-order chi connectivity index (χ1) is 7.32. The Morgan fingerprint density at radius 2 is 1.81 bits per heavy atom. The van der Waals surface area contributed by atoms with Crippen LogP contribution in [0.4, 0.5) is 0 Å². The van der Waals surface area contributed by atoms with Gasteiger partial charge in [0.05, 0.1) is 4.90 Å². The fourth-order valence-corrected chi connectivity index (χ4v) is 2.78. The van der Waals surface area contributed by atoms with Gasteiger partial charge in [-0.15, -0.1) is 0 Å². The number of alkyl halides is 1. The van der Waals surface area contributed by atoms with Gasteiger partial charge in [-0.3, -0.25) is 0 Å². The molecule has 0 bridgehead atoms. The summed E-state index contributed by atoms with van der Waals surface area (Å²) < 4.78 is 23.2. The number of hydrogen-bond acceptors (Lipinski definition) is 2. The third kappa shape index (κ3) is 3.59. The molecule has 90 valence electrons. The van der Waals surface area contributed by atoms with E-state index in [2.05, 4.69) is 29.8 Å². The van der Waals surface area contributed by atoms with E-state index in [-0.39, 0.29) is 0 Å². The fraction of sp³-hybridized carbons (Fsp3) is 0.500. The maximum absolute atomic E-state index is 11.6. The predicted molar refractivity (Wildman–Crippen MR) is 70.8 cm³/mol. The summed E-state index contributed by atoms with van der Waals surface area (Å²) in [6.07, 6.45) is 1.99. The second kappa shape index (κ2) is 5.32. The molecule has 4 heteroatoms. The van der Waals surface area contributed by atoms with Gasteiger partial charge >= 0.3 is 0 Å². The second-order valence-corrected chi connectivity index (χ2v) is 7.50. The topological polar surface area (TPSA) is 34.1 Å². The fourth-order valence-electron chi connectivity index (χ4n) is 1.48. The molecule has 1 rings (SSSR count). The van der Waals surface area contributed by atoms with E-state index >= 15 is 0 Å². The monoisotopic (exact) mass is 304 g/mol. The van der Waals surface area contributed by atoms with Crippen LogP contribution in [0.15, 0.2) is 29.2 Å². The highest BCUT2D eigenvalue weighted by Gasteiger charge is 2.16. The Labute approximate surface area is 106 Å². The molecule has 0 aliphatic carbocycles. The first kappa shape index (κ1) is 13.7. The van der Waals surface area contributed by atoms with E-state index in [1.54, 1.807) is 12.1 Å². The number of sulfone groups is 1. The van der Waals surface area contributed by atoms with E-state index in [1.165, 1.54) is 6.26 Å². The molecule has 1 aromatic rings. The van der Waals surface area contributed by atoms with Crippen LogP contribution in [0.2, 0.25) is 0 Å². The van der Waals surface area contributed by atoms with Crippen molar-refractivity contribution < 1.29 is 8.42 Å². The van der Waals surface area contributed by atoms with Crippen LogP contribution in [-0.4, -0.2) is 19.5 Å². The minimum atomic E-state index is -3.13. The number of benzene rings is 1. The molecular formula is C12H17BrO2S. The van der Waals surface area contributed by atoms with Crippen molar-refractivity contribution in [3.05, 3.63) is 29.8 Å². The molecule has 0 saturated carbocycles. The average molecular weight is 305 g/mol. The van der Waals surface area contributed by atoms with Gasteiger partial charge in [0.1, 0.15) is 0 Å². The lowest BCUT2D eigenvalue weighted by Gasteiger charge is -2.15. The molecule has 1 aromatic carbocycles. The zero-order valence-electron chi connectivity index (χ0n) is 9.77. The van der Waals surface area contributed by atoms with E-state index in [0.717, 1.165) is 12.0 Å². The first-order valence-electron chi connectivity index (χ1n) is 5.24. The maximum Gasteiger partial charge on any atom is 0.175 e. The van der Waals surface area contributed by atoms with Gasteiger partial charge in [0.2, 0.25) is 0 Å². The van der Waals surface area contributed by atoms with Crippen molar-refractivity contribution in [3.8, 4) is 0 Å². The summed E-state index contributed by atoms with van der Waals surface area (Å²) in [5, 5.41) is 0. The number of hydrogen-bond donors (Lipinski definition) is 0. The van der Waals surface area contributed by atoms with Crippen LogP contribution in [0, 0.1) is 5.92 Å². The highest BCUT2D eigenvalue weighted by molar-refractivity contribution is 9.09. The van der Waals surface area contributed by atoms with Crippen LogP contribution in [0.5, 0.6) is 0 Å². The van der Waals surface area contributed by atoms with Crippen molar-refractivity contribution >= 4 is 25.8 Å². The average Bonchev–Trinajstić information content (AvgIpc) is 2.16. The standard InChI is InChI=1S/C12H17BrO2S/c1-9(2)11(13)8-10-6-4-5-7-12(10)16(3,14)15/h4-7,9,11H,8H2,1-3H3. The smallest absolute Gasteiger partial charge is 0.175 e. The van der Waals surface area contributed by atoms with Crippen molar-refractivity contribution in [2.45, 2.75) is 30.0 Å². The quantitative estimate of drug-likeness (QED) is 0.801. The minimum absolute atomic E-state index is 0.301. The van der Waals surface area contributed by atoms with Gasteiger partial charge in [0, 0.05) is 11.1 Å². The SMILES string of the molecule is CC(C)C(Br)Cc1ccccc1S(C)(=O)=O. The van der Waals surface area contributed by atoms with Gasteiger partial charge in [-0.2, -0.15) is 0 Å². The van der Waals surface area contributed by atoms with Gasteiger partial charge in [-0.05, 0) is 24.0 Å². The Bertz CT molecular complexity index is 452. The lowest BCUT2D eigenvalue weighted by atomic mass is 10.0. The normalized spacial score (nSPS) is 14.1. The minimum Gasteiger partial charge on any atom is -0.224 e. The summed E-state index contributed by atoms with van der Waals surface area (Å²) in [5.74, 6) is 0.479. The highest BCUT2D eigenvalue weighted by Crippen LogP contribution is 2.22. The van der Waals surface area contributed by atoms with Crippen molar-refractivity contribution in [3.63, 3.8) is 0 Å². The van der Waals surface area contributed by atoms with Gasteiger partial charge in [-0.25, -0.2) is 8.42 Å². The summed E-state index contributed by atoms with van der Waals surface area (Å²) in [6.45, 7) is 4.23. The molecule has 2 nitrogen and oxygen atoms in total. The molecular weight excluding hydrogens is 288 g/mol. The Morgan fingerprint density at radius 3 is 2.31 bits per heavy atom. The number of rotatable bonds is 4.